The lowest BCUT2D eigenvalue weighted by atomic mass is 10.2. The molecule has 0 unspecified atom stereocenters. The lowest BCUT2D eigenvalue weighted by Crippen LogP contribution is -2.30. The lowest BCUT2D eigenvalue weighted by Gasteiger charge is -2.20. The van der Waals surface area contributed by atoms with Crippen LogP contribution >= 0.6 is 0 Å². The fraction of sp³-hybridized carbons (Fsp3) is 0.533. The van der Waals surface area contributed by atoms with E-state index in [2.05, 4.69) is 10.1 Å². The molecule has 2 fully saturated rings. The van der Waals surface area contributed by atoms with Gasteiger partial charge in [0.05, 0.1) is 6.04 Å². The van der Waals surface area contributed by atoms with Gasteiger partial charge in [0.1, 0.15) is 5.76 Å². The fourth-order valence-electron chi connectivity index (χ4n) is 2.85. The maximum absolute atomic E-state index is 12.5. The van der Waals surface area contributed by atoms with E-state index in [1.165, 1.54) is 0 Å². The highest BCUT2D eigenvalue weighted by Crippen LogP contribution is 2.40. The van der Waals surface area contributed by atoms with E-state index >= 15 is 0 Å². The minimum Gasteiger partial charge on any atom is -0.456 e. The van der Waals surface area contributed by atoms with Crippen LogP contribution in [0.5, 0.6) is 0 Å². The summed E-state index contributed by atoms with van der Waals surface area (Å²) in [5, 5.41) is 4.08. The molecule has 110 valence electrons. The number of rotatable bonds is 3. The van der Waals surface area contributed by atoms with E-state index in [0.29, 0.717) is 24.0 Å². The van der Waals surface area contributed by atoms with Gasteiger partial charge in [0.15, 0.2) is 11.6 Å². The van der Waals surface area contributed by atoms with Gasteiger partial charge in [0.2, 0.25) is 5.89 Å². The van der Waals surface area contributed by atoms with E-state index < -0.39 is 0 Å². The molecule has 2 aliphatic rings. The van der Waals surface area contributed by atoms with Crippen LogP contribution in [0.15, 0.2) is 21.1 Å². The Bertz CT molecular complexity index is 671. The van der Waals surface area contributed by atoms with E-state index in [9.17, 15) is 4.79 Å². The van der Waals surface area contributed by atoms with Crippen LogP contribution in [-0.2, 0) is 0 Å². The molecule has 1 amide bonds. The largest absolute Gasteiger partial charge is 0.456 e. The highest BCUT2D eigenvalue weighted by atomic mass is 16.5. The van der Waals surface area contributed by atoms with Crippen molar-refractivity contribution in [2.75, 3.05) is 6.54 Å². The number of aryl methyl sites for hydroxylation is 1. The predicted molar refractivity (Wildman–Crippen MR) is 72.7 cm³/mol. The maximum Gasteiger partial charge on any atom is 0.290 e. The number of nitrogens with zero attached hydrogens (tertiary/aromatic N) is 3. The van der Waals surface area contributed by atoms with Crippen molar-refractivity contribution in [3.63, 3.8) is 0 Å². The summed E-state index contributed by atoms with van der Waals surface area (Å²) in [7, 11) is 0. The first-order chi connectivity index (χ1) is 10.2. The minimum absolute atomic E-state index is 0.0941. The second kappa shape index (κ2) is 4.72. The molecule has 1 aliphatic heterocycles. The van der Waals surface area contributed by atoms with Crippen LogP contribution in [0.2, 0.25) is 0 Å². The SMILES string of the molecule is Cc1ccc(C(=O)N2CCC[C@@H]2c2noc(C3CC3)n2)o1. The van der Waals surface area contributed by atoms with Crippen molar-refractivity contribution in [2.24, 2.45) is 0 Å². The number of carbonyl (C=O) groups is 1. The first kappa shape index (κ1) is 12.6. The number of furan rings is 1. The van der Waals surface area contributed by atoms with Crippen molar-refractivity contribution in [3.05, 3.63) is 35.4 Å². The molecule has 21 heavy (non-hydrogen) atoms. The van der Waals surface area contributed by atoms with Gasteiger partial charge in [-0.3, -0.25) is 4.79 Å². The Morgan fingerprint density at radius 1 is 1.33 bits per heavy atom. The van der Waals surface area contributed by atoms with Crippen LogP contribution < -0.4 is 0 Å². The summed E-state index contributed by atoms with van der Waals surface area (Å²) in [6.45, 7) is 2.54. The van der Waals surface area contributed by atoms with Crippen LogP contribution in [-0.4, -0.2) is 27.5 Å². The molecular formula is C15H17N3O3. The molecule has 2 aromatic rings. The molecule has 3 heterocycles. The number of amides is 1. The third-order valence-electron chi connectivity index (χ3n) is 4.15. The Morgan fingerprint density at radius 3 is 2.90 bits per heavy atom. The number of aromatic nitrogens is 2. The van der Waals surface area contributed by atoms with E-state index in [4.69, 9.17) is 8.94 Å². The number of hydrogen-bond acceptors (Lipinski definition) is 5. The molecule has 2 aromatic heterocycles. The molecular weight excluding hydrogens is 270 g/mol. The number of likely N-dealkylation sites (tertiary alicyclic amines) is 1. The maximum atomic E-state index is 12.5. The van der Waals surface area contributed by atoms with Crippen LogP contribution in [0.3, 0.4) is 0 Å². The molecule has 0 N–H and O–H groups in total. The van der Waals surface area contributed by atoms with Gasteiger partial charge in [-0.15, -0.1) is 0 Å². The fourth-order valence-corrected chi connectivity index (χ4v) is 2.85. The highest BCUT2D eigenvalue weighted by molar-refractivity contribution is 5.92. The number of carbonyl (C=O) groups excluding carboxylic acids is 1. The average Bonchev–Trinajstić information content (AvgIpc) is 2.94. The monoisotopic (exact) mass is 287 g/mol. The van der Waals surface area contributed by atoms with Crippen LogP contribution in [0.25, 0.3) is 0 Å². The van der Waals surface area contributed by atoms with Gasteiger partial charge < -0.3 is 13.8 Å². The summed E-state index contributed by atoms with van der Waals surface area (Å²) >= 11 is 0. The van der Waals surface area contributed by atoms with Crippen molar-refractivity contribution < 1.29 is 13.7 Å². The smallest absolute Gasteiger partial charge is 0.290 e. The molecule has 0 spiro atoms. The van der Waals surface area contributed by atoms with Gasteiger partial charge in [-0.2, -0.15) is 4.98 Å². The van der Waals surface area contributed by atoms with Crippen LogP contribution in [0.1, 0.15) is 65.7 Å². The van der Waals surface area contributed by atoms with Gasteiger partial charge in [0, 0.05) is 12.5 Å². The van der Waals surface area contributed by atoms with Crippen molar-refractivity contribution >= 4 is 5.91 Å². The van der Waals surface area contributed by atoms with Gasteiger partial charge in [-0.1, -0.05) is 5.16 Å². The van der Waals surface area contributed by atoms with E-state index in [-0.39, 0.29) is 11.9 Å². The van der Waals surface area contributed by atoms with Crippen LogP contribution in [0, 0.1) is 6.92 Å². The molecule has 1 aliphatic carbocycles. The Morgan fingerprint density at radius 2 is 2.19 bits per heavy atom. The van der Waals surface area contributed by atoms with Crippen molar-refractivity contribution in [1.82, 2.24) is 15.0 Å². The van der Waals surface area contributed by atoms with Gasteiger partial charge in [-0.25, -0.2) is 0 Å². The molecule has 0 aromatic carbocycles. The van der Waals surface area contributed by atoms with Crippen molar-refractivity contribution in [3.8, 4) is 0 Å². The minimum atomic E-state index is -0.0980. The first-order valence-corrected chi connectivity index (χ1v) is 7.43. The van der Waals surface area contributed by atoms with Crippen molar-refractivity contribution in [1.29, 1.82) is 0 Å². The van der Waals surface area contributed by atoms with Gasteiger partial charge in [0.25, 0.3) is 5.91 Å². The molecule has 4 rings (SSSR count). The van der Waals surface area contributed by atoms with E-state index in [1.807, 2.05) is 6.92 Å². The summed E-state index contributed by atoms with van der Waals surface area (Å²) in [6.07, 6.45) is 4.07. The quantitative estimate of drug-likeness (QED) is 0.868. The zero-order valence-electron chi connectivity index (χ0n) is 11.9. The average molecular weight is 287 g/mol. The molecule has 0 bridgehead atoms. The third kappa shape index (κ3) is 2.24. The highest BCUT2D eigenvalue weighted by Gasteiger charge is 2.37. The standard InChI is InChI=1S/C15H17N3O3/c1-9-4-7-12(20-9)15(19)18-8-2-3-11(18)13-16-14(21-17-13)10-5-6-10/h4,7,10-11H,2-3,5-6,8H2,1H3/t11-/m1/s1. The van der Waals surface area contributed by atoms with Gasteiger partial charge in [-0.05, 0) is 44.7 Å². The summed E-state index contributed by atoms with van der Waals surface area (Å²) in [5.74, 6) is 2.81. The van der Waals surface area contributed by atoms with Crippen molar-refractivity contribution in [2.45, 2.75) is 44.6 Å². The van der Waals surface area contributed by atoms with E-state index in [0.717, 1.165) is 37.3 Å². The Labute approximate surface area is 122 Å². The zero-order chi connectivity index (χ0) is 14.4. The summed E-state index contributed by atoms with van der Waals surface area (Å²) in [5.41, 5.74) is 0. The summed E-state index contributed by atoms with van der Waals surface area (Å²) in [6, 6.07) is 3.43. The van der Waals surface area contributed by atoms with Crippen LogP contribution in [0.4, 0.5) is 0 Å². The molecule has 1 atom stereocenters. The molecule has 1 saturated carbocycles. The Balaban J connectivity index is 1.57. The second-order valence-electron chi connectivity index (χ2n) is 5.83. The Kier molecular flexibility index (Phi) is 2.83. The van der Waals surface area contributed by atoms with E-state index in [1.54, 1.807) is 17.0 Å². The predicted octanol–water partition coefficient (Wildman–Crippen LogP) is 2.83. The molecule has 6 heteroatoms. The molecule has 1 saturated heterocycles. The summed E-state index contributed by atoms with van der Waals surface area (Å²) in [4.78, 5) is 18.8. The zero-order valence-corrected chi connectivity index (χ0v) is 11.9. The molecule has 6 nitrogen and oxygen atoms in total. The number of hydrogen-bond donors (Lipinski definition) is 0. The Hall–Kier alpha value is -2.11. The van der Waals surface area contributed by atoms with Gasteiger partial charge >= 0.3 is 0 Å². The summed E-state index contributed by atoms with van der Waals surface area (Å²) < 4.78 is 10.8. The third-order valence-corrected chi connectivity index (χ3v) is 4.15. The normalized spacial score (nSPS) is 22.0. The first-order valence-electron chi connectivity index (χ1n) is 7.43. The molecule has 0 radical (unpaired) electrons. The second-order valence-corrected chi connectivity index (χ2v) is 5.83. The lowest BCUT2D eigenvalue weighted by molar-refractivity contribution is 0.0694. The topological polar surface area (TPSA) is 72.4 Å².